The molecule has 2 rings (SSSR count). The topological polar surface area (TPSA) is 55.6 Å². The maximum absolute atomic E-state index is 12.0. The third kappa shape index (κ3) is 3.28. The summed E-state index contributed by atoms with van der Waals surface area (Å²) >= 11 is 0. The molecule has 0 aromatic heterocycles. The van der Waals surface area contributed by atoms with Crippen LogP contribution in [0.15, 0.2) is 30.3 Å². The van der Waals surface area contributed by atoms with Crippen molar-refractivity contribution in [3.05, 3.63) is 35.9 Å². The van der Waals surface area contributed by atoms with Crippen molar-refractivity contribution in [2.75, 3.05) is 13.1 Å². The Bertz CT molecular complexity index is 359. The first-order valence-electron chi connectivity index (χ1n) is 5.97. The number of nitrogens with zero attached hydrogens (tertiary/aromatic N) is 1. The van der Waals surface area contributed by atoms with E-state index in [1.54, 1.807) is 0 Å². The van der Waals surface area contributed by atoms with Gasteiger partial charge in [-0.2, -0.15) is 0 Å². The Morgan fingerprint density at radius 1 is 1.29 bits per heavy atom. The highest BCUT2D eigenvalue weighted by Crippen LogP contribution is 2.13. The standard InChI is InChI=1S/C13H18N2O2/c14-17-12-6-8-15(9-7-12)13(16)10-11-4-2-1-3-5-11/h1-5,12H,6-10,14H2. The van der Waals surface area contributed by atoms with Crippen LogP contribution < -0.4 is 5.90 Å². The molecule has 92 valence electrons. The van der Waals surface area contributed by atoms with Crippen LogP contribution in [-0.4, -0.2) is 30.0 Å². The first-order valence-corrected chi connectivity index (χ1v) is 5.97. The van der Waals surface area contributed by atoms with Gasteiger partial charge >= 0.3 is 0 Å². The lowest BCUT2D eigenvalue weighted by Gasteiger charge is -2.30. The van der Waals surface area contributed by atoms with Crippen molar-refractivity contribution in [2.24, 2.45) is 5.90 Å². The minimum absolute atomic E-state index is 0.107. The molecule has 1 aromatic carbocycles. The molecule has 1 aliphatic heterocycles. The molecule has 4 nitrogen and oxygen atoms in total. The molecule has 0 atom stereocenters. The van der Waals surface area contributed by atoms with Gasteiger partial charge in [0.1, 0.15) is 0 Å². The lowest BCUT2D eigenvalue weighted by molar-refractivity contribution is -0.133. The van der Waals surface area contributed by atoms with Crippen molar-refractivity contribution in [3.8, 4) is 0 Å². The van der Waals surface area contributed by atoms with Crippen molar-refractivity contribution in [1.29, 1.82) is 0 Å². The number of likely N-dealkylation sites (tertiary alicyclic amines) is 1. The van der Waals surface area contributed by atoms with Gasteiger partial charge in [-0.3, -0.25) is 4.79 Å². The molecule has 1 heterocycles. The monoisotopic (exact) mass is 234 g/mol. The predicted molar refractivity (Wildman–Crippen MR) is 65.0 cm³/mol. The zero-order valence-corrected chi connectivity index (χ0v) is 9.84. The summed E-state index contributed by atoms with van der Waals surface area (Å²) in [5.41, 5.74) is 1.06. The first-order chi connectivity index (χ1) is 8.29. The van der Waals surface area contributed by atoms with Gasteiger partial charge in [-0.1, -0.05) is 30.3 Å². The molecule has 0 saturated carbocycles. The highest BCUT2D eigenvalue weighted by Gasteiger charge is 2.22. The van der Waals surface area contributed by atoms with E-state index in [1.165, 1.54) is 0 Å². The predicted octanol–water partition coefficient (Wildman–Crippen LogP) is 1.11. The molecule has 1 aromatic rings. The maximum atomic E-state index is 12.0. The Morgan fingerprint density at radius 3 is 2.53 bits per heavy atom. The number of hydrogen-bond donors (Lipinski definition) is 1. The third-order valence-corrected chi connectivity index (χ3v) is 3.19. The molecule has 1 saturated heterocycles. The summed E-state index contributed by atoms with van der Waals surface area (Å²) in [5.74, 6) is 5.33. The summed E-state index contributed by atoms with van der Waals surface area (Å²) in [4.78, 5) is 18.7. The van der Waals surface area contributed by atoms with Crippen molar-refractivity contribution in [1.82, 2.24) is 4.90 Å². The second-order valence-corrected chi connectivity index (χ2v) is 4.38. The summed E-state index contributed by atoms with van der Waals surface area (Å²) in [7, 11) is 0. The Labute approximate surface area is 101 Å². The normalized spacial score (nSPS) is 17.1. The van der Waals surface area contributed by atoms with Crippen molar-refractivity contribution < 1.29 is 9.63 Å². The van der Waals surface area contributed by atoms with E-state index in [1.807, 2.05) is 35.2 Å². The number of piperidine rings is 1. The lowest BCUT2D eigenvalue weighted by Crippen LogP contribution is -2.42. The molecule has 2 N–H and O–H groups in total. The van der Waals surface area contributed by atoms with Crippen molar-refractivity contribution in [2.45, 2.75) is 25.4 Å². The molecular weight excluding hydrogens is 216 g/mol. The van der Waals surface area contributed by atoms with Gasteiger partial charge in [0.15, 0.2) is 0 Å². The molecule has 0 aliphatic carbocycles. The maximum Gasteiger partial charge on any atom is 0.226 e. The number of amides is 1. The number of nitrogens with two attached hydrogens (primary N) is 1. The van der Waals surface area contributed by atoms with Crippen molar-refractivity contribution >= 4 is 5.91 Å². The van der Waals surface area contributed by atoms with Crippen molar-refractivity contribution in [3.63, 3.8) is 0 Å². The number of carbonyl (C=O) groups is 1. The second-order valence-electron chi connectivity index (χ2n) is 4.38. The van der Waals surface area contributed by atoms with Gasteiger partial charge in [-0.15, -0.1) is 0 Å². The fourth-order valence-electron chi connectivity index (χ4n) is 2.12. The molecular formula is C13H18N2O2. The number of rotatable bonds is 3. The van der Waals surface area contributed by atoms with Crippen LogP contribution >= 0.6 is 0 Å². The van der Waals surface area contributed by atoms with Crippen LogP contribution in [-0.2, 0) is 16.1 Å². The lowest BCUT2D eigenvalue weighted by atomic mass is 10.1. The van der Waals surface area contributed by atoms with E-state index in [0.717, 1.165) is 31.5 Å². The molecule has 0 unspecified atom stereocenters. The van der Waals surface area contributed by atoms with Crippen LogP contribution in [0.1, 0.15) is 18.4 Å². The second kappa shape index (κ2) is 5.80. The van der Waals surface area contributed by atoms with Gasteiger partial charge in [-0.25, -0.2) is 5.90 Å². The van der Waals surface area contributed by atoms with E-state index in [2.05, 4.69) is 0 Å². The molecule has 0 bridgehead atoms. The Kier molecular flexibility index (Phi) is 4.12. The third-order valence-electron chi connectivity index (χ3n) is 3.19. The zero-order valence-electron chi connectivity index (χ0n) is 9.84. The van der Waals surface area contributed by atoms with E-state index in [0.29, 0.717) is 6.42 Å². The summed E-state index contributed by atoms with van der Waals surface area (Å²) < 4.78 is 0. The number of hydrogen-bond acceptors (Lipinski definition) is 3. The van der Waals surface area contributed by atoms with Crippen LogP contribution in [0.4, 0.5) is 0 Å². The van der Waals surface area contributed by atoms with Gasteiger partial charge in [0.2, 0.25) is 5.91 Å². The fourth-order valence-corrected chi connectivity index (χ4v) is 2.12. The van der Waals surface area contributed by atoms with Gasteiger partial charge in [0.25, 0.3) is 0 Å². The van der Waals surface area contributed by atoms with Gasteiger partial charge in [0, 0.05) is 13.1 Å². The van der Waals surface area contributed by atoms with Crippen LogP contribution in [0.3, 0.4) is 0 Å². The molecule has 0 spiro atoms. The SMILES string of the molecule is NOC1CCN(C(=O)Cc2ccccc2)CC1. The summed E-state index contributed by atoms with van der Waals surface area (Å²) in [6.45, 7) is 1.49. The van der Waals surface area contributed by atoms with Crippen LogP contribution in [0.2, 0.25) is 0 Å². The quantitative estimate of drug-likeness (QED) is 0.797. The molecule has 1 fully saturated rings. The minimum atomic E-state index is 0.107. The average Bonchev–Trinajstić information content (AvgIpc) is 2.40. The van der Waals surface area contributed by atoms with Crippen LogP contribution in [0.25, 0.3) is 0 Å². The molecule has 1 amide bonds. The van der Waals surface area contributed by atoms with E-state index in [9.17, 15) is 4.79 Å². The van der Waals surface area contributed by atoms with E-state index in [-0.39, 0.29) is 12.0 Å². The van der Waals surface area contributed by atoms with Gasteiger partial charge in [-0.05, 0) is 18.4 Å². The highest BCUT2D eigenvalue weighted by atomic mass is 16.6. The average molecular weight is 234 g/mol. The smallest absolute Gasteiger partial charge is 0.226 e. The van der Waals surface area contributed by atoms with Gasteiger partial charge in [0.05, 0.1) is 12.5 Å². The summed E-state index contributed by atoms with van der Waals surface area (Å²) in [5, 5.41) is 0. The largest absolute Gasteiger partial charge is 0.342 e. The Hall–Kier alpha value is -1.39. The number of benzene rings is 1. The minimum Gasteiger partial charge on any atom is -0.342 e. The Morgan fingerprint density at radius 2 is 1.94 bits per heavy atom. The van der Waals surface area contributed by atoms with E-state index < -0.39 is 0 Å². The van der Waals surface area contributed by atoms with E-state index >= 15 is 0 Å². The number of carbonyl (C=O) groups excluding carboxylic acids is 1. The first kappa shape index (κ1) is 12.1. The molecule has 17 heavy (non-hydrogen) atoms. The highest BCUT2D eigenvalue weighted by molar-refractivity contribution is 5.78. The fraction of sp³-hybridized carbons (Fsp3) is 0.462. The van der Waals surface area contributed by atoms with Crippen LogP contribution in [0.5, 0.6) is 0 Å². The summed E-state index contributed by atoms with van der Waals surface area (Å²) in [6, 6.07) is 9.83. The molecule has 0 radical (unpaired) electrons. The zero-order chi connectivity index (χ0) is 12.1. The molecule has 1 aliphatic rings. The summed E-state index contributed by atoms with van der Waals surface area (Å²) in [6.07, 6.45) is 2.25. The Balaban J connectivity index is 1.85. The van der Waals surface area contributed by atoms with Gasteiger partial charge < -0.3 is 9.74 Å². The molecule has 4 heteroatoms. The van der Waals surface area contributed by atoms with E-state index in [4.69, 9.17) is 10.7 Å². The van der Waals surface area contributed by atoms with Crippen LogP contribution in [0, 0.1) is 0 Å².